The van der Waals surface area contributed by atoms with Crippen molar-refractivity contribution >= 4 is 29.9 Å². The Bertz CT molecular complexity index is 518. The third kappa shape index (κ3) is 11.8. The first-order chi connectivity index (χ1) is 12.9. The van der Waals surface area contributed by atoms with Gasteiger partial charge in [-0.15, -0.1) is 24.0 Å². The second kappa shape index (κ2) is 16.0. The number of aliphatic imine (C=N–C) groups is 1. The van der Waals surface area contributed by atoms with E-state index in [0.717, 1.165) is 31.2 Å². The molecule has 0 saturated carbocycles. The molecule has 0 aliphatic carbocycles. The molecule has 0 radical (unpaired) electrons. The van der Waals surface area contributed by atoms with Crippen LogP contribution in [0.25, 0.3) is 0 Å². The van der Waals surface area contributed by atoms with Crippen LogP contribution in [0, 0.1) is 0 Å². The van der Waals surface area contributed by atoms with Crippen molar-refractivity contribution in [3.8, 4) is 0 Å². The van der Waals surface area contributed by atoms with Crippen LogP contribution in [0.15, 0.2) is 35.3 Å². The van der Waals surface area contributed by atoms with Crippen molar-refractivity contribution < 1.29 is 9.84 Å². The summed E-state index contributed by atoms with van der Waals surface area (Å²) >= 11 is 0. The maximum absolute atomic E-state index is 10.1. The molecule has 7 heteroatoms. The molecule has 1 atom stereocenters. The first kappa shape index (κ1) is 27.1. The summed E-state index contributed by atoms with van der Waals surface area (Å²) in [5.41, 5.74) is 1.10. The minimum absolute atomic E-state index is 0. The van der Waals surface area contributed by atoms with Gasteiger partial charge < -0.3 is 20.5 Å². The maximum Gasteiger partial charge on any atom is 0.191 e. The highest BCUT2D eigenvalue weighted by Gasteiger charge is 2.12. The van der Waals surface area contributed by atoms with E-state index in [4.69, 9.17) is 4.74 Å². The molecule has 28 heavy (non-hydrogen) atoms. The molecule has 0 aliphatic rings. The molecule has 0 aliphatic heterocycles. The first-order valence-electron chi connectivity index (χ1n) is 10.0. The number of aliphatic hydroxyl groups excluding tert-OH is 1. The second-order valence-corrected chi connectivity index (χ2v) is 7.23. The number of halogens is 1. The van der Waals surface area contributed by atoms with Crippen LogP contribution in [0.3, 0.4) is 0 Å². The minimum Gasteiger partial charge on any atom is -0.389 e. The van der Waals surface area contributed by atoms with E-state index in [0.29, 0.717) is 25.2 Å². The number of ether oxygens (including phenoxy) is 1. The summed E-state index contributed by atoms with van der Waals surface area (Å²) in [5, 5.41) is 16.7. The molecule has 6 nitrogen and oxygen atoms in total. The first-order valence-corrected chi connectivity index (χ1v) is 10.0. The number of nitrogens with one attached hydrogen (secondary N) is 2. The summed E-state index contributed by atoms with van der Waals surface area (Å²) in [6, 6.07) is 11.0. The summed E-state index contributed by atoms with van der Waals surface area (Å²) in [5.74, 6) is 0.729. The normalized spacial score (nSPS) is 13.0. The molecule has 0 heterocycles. The van der Waals surface area contributed by atoms with Gasteiger partial charge in [0.15, 0.2) is 5.96 Å². The maximum atomic E-state index is 10.1. The van der Waals surface area contributed by atoms with Crippen LogP contribution in [-0.2, 0) is 11.3 Å². The molecule has 0 amide bonds. The van der Waals surface area contributed by atoms with Gasteiger partial charge in [-0.2, -0.15) is 0 Å². The molecule has 162 valence electrons. The van der Waals surface area contributed by atoms with Crippen LogP contribution in [0.5, 0.6) is 0 Å². The van der Waals surface area contributed by atoms with E-state index in [1.54, 1.807) is 0 Å². The van der Waals surface area contributed by atoms with E-state index >= 15 is 0 Å². The number of hydrogen-bond acceptors (Lipinski definition) is 4. The lowest BCUT2D eigenvalue weighted by atomic mass is 10.2. The van der Waals surface area contributed by atoms with Crippen molar-refractivity contribution in [2.45, 2.75) is 59.4 Å². The van der Waals surface area contributed by atoms with E-state index in [-0.39, 0.29) is 30.6 Å². The third-order valence-corrected chi connectivity index (χ3v) is 4.22. The molecule has 0 aromatic heterocycles. The van der Waals surface area contributed by atoms with Crippen molar-refractivity contribution in [2.24, 2.45) is 4.99 Å². The standard InChI is InChI=1S/C21H38N4O2.HI/c1-6-22-21(23-12-13-25(17(2)3)18(4)5)24-14-20(26)16-27-15-19-10-8-7-9-11-19;/h7-11,17-18,20,26H,6,12-16H2,1-5H3,(H2,22,23,24);1H. The Morgan fingerprint density at radius 3 is 2.32 bits per heavy atom. The van der Waals surface area contributed by atoms with E-state index in [9.17, 15) is 5.11 Å². The number of guanidine groups is 1. The quantitative estimate of drug-likeness (QED) is 0.231. The predicted octanol–water partition coefficient (Wildman–Crippen LogP) is 2.86. The van der Waals surface area contributed by atoms with Crippen molar-refractivity contribution in [2.75, 3.05) is 32.8 Å². The smallest absolute Gasteiger partial charge is 0.191 e. The van der Waals surface area contributed by atoms with E-state index in [1.165, 1.54) is 0 Å². The van der Waals surface area contributed by atoms with Crippen LogP contribution in [0.4, 0.5) is 0 Å². The Morgan fingerprint density at radius 1 is 1.11 bits per heavy atom. The van der Waals surface area contributed by atoms with Gasteiger partial charge in [-0.25, -0.2) is 0 Å². The van der Waals surface area contributed by atoms with E-state index < -0.39 is 6.10 Å². The van der Waals surface area contributed by atoms with Crippen LogP contribution in [-0.4, -0.2) is 66.9 Å². The fraction of sp³-hybridized carbons (Fsp3) is 0.667. The number of nitrogens with zero attached hydrogens (tertiary/aromatic N) is 2. The average Bonchev–Trinajstić information content (AvgIpc) is 2.63. The van der Waals surface area contributed by atoms with Gasteiger partial charge in [-0.3, -0.25) is 9.89 Å². The largest absolute Gasteiger partial charge is 0.389 e. The Kier molecular flexibility index (Phi) is 15.4. The fourth-order valence-corrected chi connectivity index (χ4v) is 2.89. The van der Waals surface area contributed by atoms with Gasteiger partial charge in [0, 0.05) is 31.7 Å². The zero-order valence-electron chi connectivity index (χ0n) is 18.0. The van der Waals surface area contributed by atoms with Gasteiger partial charge in [0.05, 0.1) is 25.9 Å². The summed E-state index contributed by atoms with van der Waals surface area (Å²) in [7, 11) is 0. The van der Waals surface area contributed by atoms with Crippen LogP contribution in [0.1, 0.15) is 40.2 Å². The highest BCUT2D eigenvalue weighted by atomic mass is 127. The van der Waals surface area contributed by atoms with Crippen LogP contribution < -0.4 is 10.6 Å². The topological polar surface area (TPSA) is 69.1 Å². The summed E-state index contributed by atoms with van der Waals surface area (Å²) in [4.78, 5) is 6.90. The van der Waals surface area contributed by atoms with Crippen LogP contribution in [0.2, 0.25) is 0 Å². The highest BCUT2D eigenvalue weighted by Crippen LogP contribution is 2.03. The number of hydrogen-bond donors (Lipinski definition) is 3. The molecular formula is C21H39IN4O2. The molecule has 1 aromatic rings. The zero-order valence-corrected chi connectivity index (χ0v) is 20.3. The van der Waals surface area contributed by atoms with Crippen molar-refractivity contribution in [3.63, 3.8) is 0 Å². The molecular weight excluding hydrogens is 467 g/mol. The SMILES string of the molecule is CCNC(=NCC(O)COCc1ccccc1)NCCN(C(C)C)C(C)C.I. The Morgan fingerprint density at radius 2 is 1.75 bits per heavy atom. The van der Waals surface area contributed by atoms with Crippen molar-refractivity contribution in [1.82, 2.24) is 15.5 Å². The second-order valence-electron chi connectivity index (χ2n) is 7.23. The number of rotatable bonds is 12. The zero-order chi connectivity index (χ0) is 20.1. The van der Waals surface area contributed by atoms with E-state index in [2.05, 4.69) is 48.2 Å². The van der Waals surface area contributed by atoms with Gasteiger partial charge in [-0.05, 0) is 40.2 Å². The third-order valence-electron chi connectivity index (χ3n) is 4.22. The summed E-state index contributed by atoms with van der Waals surface area (Å²) in [6.45, 7) is 14.5. The Hall–Kier alpha value is -0.900. The van der Waals surface area contributed by atoms with E-state index in [1.807, 2.05) is 37.3 Å². The molecule has 1 rings (SSSR count). The molecule has 1 unspecified atom stereocenters. The lowest BCUT2D eigenvalue weighted by molar-refractivity contribution is 0.0331. The van der Waals surface area contributed by atoms with Crippen molar-refractivity contribution in [1.29, 1.82) is 0 Å². The van der Waals surface area contributed by atoms with Gasteiger partial charge in [0.25, 0.3) is 0 Å². The average molecular weight is 506 g/mol. The van der Waals surface area contributed by atoms with Crippen LogP contribution >= 0.6 is 24.0 Å². The molecule has 0 spiro atoms. The van der Waals surface area contributed by atoms with Crippen molar-refractivity contribution in [3.05, 3.63) is 35.9 Å². The number of benzene rings is 1. The molecule has 1 aromatic carbocycles. The highest BCUT2D eigenvalue weighted by molar-refractivity contribution is 14.0. The molecule has 0 fully saturated rings. The van der Waals surface area contributed by atoms with Gasteiger partial charge in [0.1, 0.15) is 0 Å². The Labute approximate surface area is 188 Å². The summed E-state index contributed by atoms with van der Waals surface area (Å²) in [6.07, 6.45) is -0.619. The minimum atomic E-state index is -0.619. The fourth-order valence-electron chi connectivity index (χ4n) is 2.89. The Balaban J connectivity index is 0.00000729. The van der Waals surface area contributed by atoms with Gasteiger partial charge >= 0.3 is 0 Å². The summed E-state index contributed by atoms with van der Waals surface area (Å²) < 4.78 is 5.57. The van der Waals surface area contributed by atoms with Gasteiger partial charge in [0.2, 0.25) is 0 Å². The molecule has 3 N–H and O–H groups in total. The monoisotopic (exact) mass is 506 g/mol. The predicted molar refractivity (Wildman–Crippen MR) is 128 cm³/mol. The number of aliphatic hydroxyl groups is 1. The molecule has 0 bridgehead atoms. The molecule has 0 saturated heterocycles. The van der Waals surface area contributed by atoms with Gasteiger partial charge in [-0.1, -0.05) is 30.3 Å². The lowest BCUT2D eigenvalue weighted by Gasteiger charge is -2.30. The lowest BCUT2D eigenvalue weighted by Crippen LogP contribution is -2.45.